The lowest BCUT2D eigenvalue weighted by atomic mass is 10.4. The zero-order chi connectivity index (χ0) is 12.1. The zero-order valence-corrected chi connectivity index (χ0v) is 10.6. The molecule has 6 heteroatoms. The van der Waals surface area contributed by atoms with Gasteiger partial charge >= 0.3 is 0 Å². The summed E-state index contributed by atoms with van der Waals surface area (Å²) in [7, 11) is 1.69. The van der Waals surface area contributed by atoms with Gasteiger partial charge in [0.1, 0.15) is 11.0 Å². The minimum atomic E-state index is 0.456. The van der Waals surface area contributed by atoms with Crippen molar-refractivity contribution in [1.29, 1.82) is 0 Å². The van der Waals surface area contributed by atoms with E-state index in [1.54, 1.807) is 13.2 Å². The molecule has 0 aromatic carbocycles. The Labute approximate surface area is 106 Å². The fraction of sp³-hybridized carbons (Fsp3) is 0.636. The van der Waals surface area contributed by atoms with Crippen molar-refractivity contribution in [3.63, 3.8) is 0 Å². The predicted octanol–water partition coefficient (Wildman–Crippen LogP) is 2.15. The third-order valence-corrected chi connectivity index (χ3v) is 2.63. The summed E-state index contributed by atoms with van der Waals surface area (Å²) in [5.41, 5.74) is 0. The first-order chi connectivity index (χ1) is 8.28. The molecule has 1 aliphatic carbocycles. The van der Waals surface area contributed by atoms with Crippen LogP contribution in [-0.2, 0) is 4.74 Å². The molecule has 1 aromatic heterocycles. The Bertz CT molecular complexity index is 370. The van der Waals surface area contributed by atoms with Crippen molar-refractivity contribution in [2.75, 3.05) is 30.9 Å². The molecule has 0 saturated heterocycles. The average molecular weight is 257 g/mol. The van der Waals surface area contributed by atoms with Crippen LogP contribution in [-0.4, -0.2) is 36.3 Å². The molecule has 1 saturated carbocycles. The molecule has 94 valence electrons. The number of hydrogen-bond donors (Lipinski definition) is 2. The molecule has 0 amide bonds. The quantitative estimate of drug-likeness (QED) is 0.578. The molecule has 0 spiro atoms. The van der Waals surface area contributed by atoms with Crippen molar-refractivity contribution in [2.24, 2.45) is 0 Å². The van der Waals surface area contributed by atoms with E-state index in [0.717, 1.165) is 25.4 Å². The smallest absolute Gasteiger partial charge is 0.226 e. The van der Waals surface area contributed by atoms with Crippen molar-refractivity contribution in [1.82, 2.24) is 9.97 Å². The molecule has 5 nitrogen and oxygen atoms in total. The van der Waals surface area contributed by atoms with Crippen molar-refractivity contribution in [2.45, 2.75) is 25.3 Å². The molecule has 1 fully saturated rings. The molecule has 1 aromatic rings. The number of hydrogen-bond acceptors (Lipinski definition) is 5. The van der Waals surface area contributed by atoms with Crippen LogP contribution >= 0.6 is 11.6 Å². The Hall–Kier alpha value is -1.07. The van der Waals surface area contributed by atoms with Crippen molar-refractivity contribution in [3.05, 3.63) is 11.2 Å². The van der Waals surface area contributed by atoms with Gasteiger partial charge in [0.15, 0.2) is 0 Å². The Morgan fingerprint density at radius 1 is 1.47 bits per heavy atom. The monoisotopic (exact) mass is 256 g/mol. The molecule has 0 aliphatic heterocycles. The van der Waals surface area contributed by atoms with Crippen molar-refractivity contribution >= 4 is 23.4 Å². The summed E-state index contributed by atoms with van der Waals surface area (Å²) in [6, 6.07) is 2.31. The van der Waals surface area contributed by atoms with E-state index in [4.69, 9.17) is 16.3 Å². The third kappa shape index (κ3) is 4.36. The van der Waals surface area contributed by atoms with E-state index in [0.29, 0.717) is 17.1 Å². The van der Waals surface area contributed by atoms with E-state index in [1.807, 2.05) is 0 Å². The van der Waals surface area contributed by atoms with Gasteiger partial charge in [-0.05, 0) is 19.3 Å². The predicted molar refractivity (Wildman–Crippen MR) is 68.7 cm³/mol. The van der Waals surface area contributed by atoms with Crippen LogP contribution in [0.2, 0.25) is 5.15 Å². The second kappa shape index (κ2) is 6.02. The highest BCUT2D eigenvalue weighted by Gasteiger charge is 2.21. The minimum Gasteiger partial charge on any atom is -0.385 e. The molecule has 17 heavy (non-hydrogen) atoms. The van der Waals surface area contributed by atoms with E-state index < -0.39 is 0 Å². The van der Waals surface area contributed by atoms with Crippen LogP contribution < -0.4 is 10.6 Å². The van der Waals surface area contributed by atoms with Gasteiger partial charge in [-0.15, -0.1) is 0 Å². The molecule has 1 heterocycles. The number of methoxy groups -OCH3 is 1. The summed E-state index contributed by atoms with van der Waals surface area (Å²) in [6.07, 6.45) is 3.33. The molecular formula is C11H17ClN4O. The summed E-state index contributed by atoms with van der Waals surface area (Å²) in [4.78, 5) is 8.47. The van der Waals surface area contributed by atoms with Gasteiger partial charge in [0.25, 0.3) is 0 Å². The minimum absolute atomic E-state index is 0.456. The molecule has 2 rings (SSSR count). The fourth-order valence-electron chi connectivity index (χ4n) is 1.42. The van der Waals surface area contributed by atoms with Crippen LogP contribution in [0.5, 0.6) is 0 Å². The number of halogens is 1. The van der Waals surface area contributed by atoms with Crippen molar-refractivity contribution < 1.29 is 4.74 Å². The SMILES string of the molecule is COCCCNc1nc(Cl)cc(NC2CC2)n1. The van der Waals surface area contributed by atoms with Gasteiger partial charge in [0.2, 0.25) is 5.95 Å². The summed E-state index contributed by atoms with van der Waals surface area (Å²) in [5.74, 6) is 1.36. The Morgan fingerprint density at radius 3 is 3.00 bits per heavy atom. The Balaban J connectivity index is 1.88. The van der Waals surface area contributed by atoms with Crippen molar-refractivity contribution in [3.8, 4) is 0 Å². The number of ether oxygens (including phenoxy) is 1. The van der Waals surface area contributed by atoms with Crippen LogP contribution in [0.3, 0.4) is 0 Å². The Kier molecular flexibility index (Phi) is 4.39. The number of aromatic nitrogens is 2. The summed E-state index contributed by atoms with van der Waals surface area (Å²) >= 11 is 5.94. The summed E-state index contributed by atoms with van der Waals surface area (Å²) < 4.78 is 4.97. The maximum Gasteiger partial charge on any atom is 0.226 e. The van der Waals surface area contributed by atoms with Gasteiger partial charge in [0, 0.05) is 32.4 Å². The topological polar surface area (TPSA) is 59.1 Å². The lowest BCUT2D eigenvalue weighted by Crippen LogP contribution is -2.10. The van der Waals surface area contributed by atoms with Gasteiger partial charge in [-0.25, -0.2) is 4.98 Å². The maximum absolute atomic E-state index is 5.94. The standard InChI is InChI=1S/C11H17ClN4O/c1-17-6-2-5-13-11-15-9(12)7-10(16-11)14-8-3-4-8/h7-8H,2-6H2,1H3,(H2,13,14,15,16). The van der Waals surface area contributed by atoms with E-state index in [2.05, 4.69) is 20.6 Å². The van der Waals surface area contributed by atoms with E-state index >= 15 is 0 Å². The average Bonchev–Trinajstić information content (AvgIpc) is 3.07. The van der Waals surface area contributed by atoms with E-state index in [-0.39, 0.29) is 0 Å². The van der Waals surface area contributed by atoms with Crippen LogP contribution in [0, 0.1) is 0 Å². The van der Waals surface area contributed by atoms with Gasteiger partial charge in [0.05, 0.1) is 0 Å². The molecule has 0 bridgehead atoms. The van der Waals surface area contributed by atoms with Gasteiger partial charge in [-0.2, -0.15) is 4.98 Å². The number of rotatable bonds is 7. The first-order valence-corrected chi connectivity index (χ1v) is 6.19. The molecule has 0 unspecified atom stereocenters. The summed E-state index contributed by atoms with van der Waals surface area (Å²) in [5, 5.41) is 6.88. The van der Waals surface area contributed by atoms with Gasteiger partial charge < -0.3 is 15.4 Å². The molecule has 0 radical (unpaired) electrons. The van der Waals surface area contributed by atoms with E-state index in [1.165, 1.54) is 12.8 Å². The lowest BCUT2D eigenvalue weighted by molar-refractivity contribution is 0.197. The maximum atomic E-state index is 5.94. The van der Waals surface area contributed by atoms with E-state index in [9.17, 15) is 0 Å². The number of nitrogens with zero attached hydrogens (tertiary/aromatic N) is 2. The highest BCUT2D eigenvalue weighted by Crippen LogP contribution is 2.25. The Morgan fingerprint density at radius 2 is 2.29 bits per heavy atom. The second-order valence-electron chi connectivity index (χ2n) is 4.09. The molecular weight excluding hydrogens is 240 g/mol. The first kappa shape index (κ1) is 12.4. The molecule has 2 N–H and O–H groups in total. The zero-order valence-electron chi connectivity index (χ0n) is 9.87. The number of anilines is 2. The highest BCUT2D eigenvalue weighted by atomic mass is 35.5. The molecule has 1 aliphatic rings. The fourth-order valence-corrected chi connectivity index (χ4v) is 1.61. The van der Waals surface area contributed by atoms with Crippen LogP contribution in [0.1, 0.15) is 19.3 Å². The second-order valence-corrected chi connectivity index (χ2v) is 4.48. The largest absolute Gasteiger partial charge is 0.385 e. The van der Waals surface area contributed by atoms with Gasteiger partial charge in [-0.3, -0.25) is 0 Å². The van der Waals surface area contributed by atoms with Crippen LogP contribution in [0.15, 0.2) is 6.07 Å². The van der Waals surface area contributed by atoms with Crippen LogP contribution in [0.25, 0.3) is 0 Å². The number of nitrogens with one attached hydrogen (secondary N) is 2. The third-order valence-electron chi connectivity index (χ3n) is 2.43. The highest BCUT2D eigenvalue weighted by molar-refractivity contribution is 6.29. The lowest BCUT2D eigenvalue weighted by Gasteiger charge is -2.08. The summed E-state index contributed by atoms with van der Waals surface area (Å²) in [6.45, 7) is 1.50. The van der Waals surface area contributed by atoms with Gasteiger partial charge in [-0.1, -0.05) is 11.6 Å². The normalized spacial score (nSPS) is 14.7. The first-order valence-electron chi connectivity index (χ1n) is 5.82. The molecule has 0 atom stereocenters. The van der Waals surface area contributed by atoms with Crippen LogP contribution in [0.4, 0.5) is 11.8 Å².